The number of nitrogens with zero attached hydrogens (tertiary/aromatic N) is 3. The third-order valence-electron chi connectivity index (χ3n) is 4.73. The summed E-state index contributed by atoms with van der Waals surface area (Å²) in [6.45, 7) is 0.339. The van der Waals surface area contributed by atoms with Crippen molar-refractivity contribution in [3.8, 4) is 0 Å². The first kappa shape index (κ1) is 18.0. The zero-order chi connectivity index (χ0) is 19.9. The summed E-state index contributed by atoms with van der Waals surface area (Å²) in [5, 5.41) is 7.40. The number of carbonyl (C=O) groups excluding carboxylic acids is 2. The third kappa shape index (κ3) is 3.19. The standard InChI is InChI=1S/C19H15F3N4O2/c20-19(21,22)12-4-6-13(7-5-12)26-9-8-25(11-17(26)27)18(28)14-2-1-3-16-15(14)10-23-24-16/h1-7,10H,8-9,11H2,(H,23,24). The Morgan fingerprint density at radius 3 is 2.50 bits per heavy atom. The highest BCUT2D eigenvalue weighted by atomic mass is 19.4. The van der Waals surface area contributed by atoms with E-state index in [0.29, 0.717) is 16.6 Å². The molecule has 9 heteroatoms. The van der Waals surface area contributed by atoms with Crippen LogP contribution in [0.15, 0.2) is 48.7 Å². The molecule has 1 aliphatic heterocycles. The van der Waals surface area contributed by atoms with E-state index in [0.717, 1.165) is 17.6 Å². The summed E-state index contributed by atoms with van der Waals surface area (Å²) in [6.07, 6.45) is -2.87. The van der Waals surface area contributed by atoms with Gasteiger partial charge in [0.15, 0.2) is 0 Å². The van der Waals surface area contributed by atoms with Crippen LogP contribution in [0.25, 0.3) is 10.9 Å². The van der Waals surface area contributed by atoms with Gasteiger partial charge in [-0.2, -0.15) is 18.3 Å². The number of piperazine rings is 1. The summed E-state index contributed by atoms with van der Waals surface area (Å²) in [5.41, 5.74) is 0.773. The van der Waals surface area contributed by atoms with Crippen LogP contribution in [-0.4, -0.2) is 46.5 Å². The number of H-pyrrole nitrogens is 1. The fraction of sp³-hybridized carbons (Fsp3) is 0.211. The molecule has 28 heavy (non-hydrogen) atoms. The van der Waals surface area contributed by atoms with Gasteiger partial charge in [-0.05, 0) is 36.4 Å². The van der Waals surface area contributed by atoms with E-state index in [1.807, 2.05) is 0 Å². The number of carbonyl (C=O) groups is 2. The van der Waals surface area contributed by atoms with Crippen molar-refractivity contribution in [1.82, 2.24) is 15.1 Å². The number of hydrogen-bond acceptors (Lipinski definition) is 3. The summed E-state index contributed by atoms with van der Waals surface area (Å²) in [7, 11) is 0. The lowest BCUT2D eigenvalue weighted by Crippen LogP contribution is -2.52. The molecule has 3 aromatic rings. The number of halogens is 3. The van der Waals surface area contributed by atoms with Gasteiger partial charge >= 0.3 is 6.18 Å². The van der Waals surface area contributed by atoms with Gasteiger partial charge in [-0.1, -0.05) is 6.07 Å². The highest BCUT2D eigenvalue weighted by Gasteiger charge is 2.32. The fourth-order valence-corrected chi connectivity index (χ4v) is 3.27. The number of rotatable bonds is 2. The highest BCUT2D eigenvalue weighted by Crippen LogP contribution is 2.31. The van der Waals surface area contributed by atoms with Gasteiger partial charge in [0, 0.05) is 24.2 Å². The number of amides is 2. The molecule has 2 heterocycles. The number of nitrogens with one attached hydrogen (secondary N) is 1. The summed E-state index contributed by atoms with van der Waals surface area (Å²) in [6, 6.07) is 9.63. The number of benzene rings is 2. The normalized spacial score (nSPS) is 15.3. The van der Waals surface area contributed by atoms with Gasteiger partial charge in [0.1, 0.15) is 6.54 Å². The summed E-state index contributed by atoms with van der Waals surface area (Å²) in [5.74, 6) is -0.633. The number of alkyl halides is 3. The lowest BCUT2D eigenvalue weighted by atomic mass is 10.1. The van der Waals surface area contributed by atoms with Crippen LogP contribution in [0, 0.1) is 0 Å². The van der Waals surface area contributed by atoms with Crippen molar-refractivity contribution < 1.29 is 22.8 Å². The molecule has 1 aliphatic rings. The Morgan fingerprint density at radius 1 is 1.07 bits per heavy atom. The number of hydrogen-bond donors (Lipinski definition) is 1. The first-order valence-corrected chi connectivity index (χ1v) is 8.53. The molecule has 1 N–H and O–H groups in total. The minimum atomic E-state index is -4.43. The van der Waals surface area contributed by atoms with Crippen LogP contribution in [0.2, 0.25) is 0 Å². The molecule has 1 aromatic heterocycles. The van der Waals surface area contributed by atoms with E-state index in [1.165, 1.54) is 21.9 Å². The second-order valence-corrected chi connectivity index (χ2v) is 6.45. The molecule has 0 aliphatic carbocycles. The van der Waals surface area contributed by atoms with E-state index < -0.39 is 11.7 Å². The quantitative estimate of drug-likeness (QED) is 0.734. The van der Waals surface area contributed by atoms with Crippen LogP contribution in [0.3, 0.4) is 0 Å². The molecule has 6 nitrogen and oxygen atoms in total. The topological polar surface area (TPSA) is 69.3 Å². The summed E-state index contributed by atoms with van der Waals surface area (Å²) >= 11 is 0. The molecular formula is C19H15F3N4O2. The maximum atomic E-state index is 12.8. The predicted octanol–water partition coefficient (Wildman–Crippen LogP) is 3.07. The molecular weight excluding hydrogens is 373 g/mol. The van der Waals surface area contributed by atoms with Crippen molar-refractivity contribution in [2.45, 2.75) is 6.18 Å². The Labute approximate surface area is 157 Å². The van der Waals surface area contributed by atoms with Crippen molar-refractivity contribution in [2.75, 3.05) is 24.5 Å². The van der Waals surface area contributed by atoms with Crippen LogP contribution >= 0.6 is 0 Å². The van der Waals surface area contributed by atoms with E-state index in [-0.39, 0.29) is 31.4 Å². The molecule has 1 fully saturated rings. The Hall–Kier alpha value is -3.36. The second kappa shape index (κ2) is 6.66. The molecule has 0 radical (unpaired) electrons. The van der Waals surface area contributed by atoms with Crippen molar-refractivity contribution in [1.29, 1.82) is 0 Å². The predicted molar refractivity (Wildman–Crippen MR) is 95.8 cm³/mol. The van der Waals surface area contributed by atoms with Gasteiger partial charge in [0.25, 0.3) is 5.91 Å². The van der Waals surface area contributed by atoms with E-state index in [9.17, 15) is 22.8 Å². The average Bonchev–Trinajstić information content (AvgIpc) is 3.15. The minimum absolute atomic E-state index is 0.145. The van der Waals surface area contributed by atoms with E-state index in [4.69, 9.17) is 0 Å². The van der Waals surface area contributed by atoms with Crippen molar-refractivity contribution in [3.05, 3.63) is 59.8 Å². The second-order valence-electron chi connectivity index (χ2n) is 6.45. The van der Waals surface area contributed by atoms with Crippen molar-refractivity contribution >= 4 is 28.4 Å². The van der Waals surface area contributed by atoms with Crippen LogP contribution < -0.4 is 4.90 Å². The number of fused-ring (bicyclic) bond motifs is 1. The monoisotopic (exact) mass is 388 g/mol. The number of anilines is 1. The number of aromatic nitrogens is 2. The first-order chi connectivity index (χ1) is 13.3. The molecule has 2 amide bonds. The SMILES string of the molecule is O=C(c1cccc2[nH]ncc12)N1CCN(c2ccc(C(F)(F)F)cc2)C(=O)C1. The fourth-order valence-electron chi connectivity index (χ4n) is 3.27. The van der Waals surface area contributed by atoms with Gasteiger partial charge in [-0.15, -0.1) is 0 Å². The van der Waals surface area contributed by atoms with Crippen molar-refractivity contribution in [3.63, 3.8) is 0 Å². The molecule has 144 valence electrons. The van der Waals surface area contributed by atoms with E-state index in [1.54, 1.807) is 24.4 Å². The molecule has 0 unspecified atom stereocenters. The Kier molecular flexibility index (Phi) is 4.29. The third-order valence-corrected chi connectivity index (χ3v) is 4.73. The zero-order valence-electron chi connectivity index (χ0n) is 14.5. The maximum absolute atomic E-state index is 12.8. The van der Waals surface area contributed by atoms with E-state index >= 15 is 0 Å². The molecule has 0 spiro atoms. The van der Waals surface area contributed by atoms with Gasteiger partial charge in [-0.3, -0.25) is 14.7 Å². The summed E-state index contributed by atoms with van der Waals surface area (Å²) < 4.78 is 38.1. The Balaban J connectivity index is 1.50. The Morgan fingerprint density at radius 2 is 1.82 bits per heavy atom. The molecule has 0 saturated carbocycles. The number of aromatic amines is 1. The minimum Gasteiger partial charge on any atom is -0.328 e. The molecule has 0 atom stereocenters. The first-order valence-electron chi connectivity index (χ1n) is 8.53. The maximum Gasteiger partial charge on any atom is 0.416 e. The van der Waals surface area contributed by atoms with Crippen molar-refractivity contribution in [2.24, 2.45) is 0 Å². The van der Waals surface area contributed by atoms with Crippen LogP contribution in [0.1, 0.15) is 15.9 Å². The smallest absolute Gasteiger partial charge is 0.328 e. The van der Waals surface area contributed by atoms with E-state index in [2.05, 4.69) is 10.2 Å². The largest absolute Gasteiger partial charge is 0.416 e. The lowest BCUT2D eigenvalue weighted by molar-refractivity contribution is -0.137. The molecule has 0 bridgehead atoms. The molecule has 1 saturated heterocycles. The summed E-state index contributed by atoms with van der Waals surface area (Å²) in [4.78, 5) is 28.2. The lowest BCUT2D eigenvalue weighted by Gasteiger charge is -2.34. The van der Waals surface area contributed by atoms with Gasteiger partial charge in [0.05, 0.1) is 22.8 Å². The van der Waals surface area contributed by atoms with Gasteiger partial charge < -0.3 is 9.80 Å². The van der Waals surface area contributed by atoms with Crippen LogP contribution in [0.5, 0.6) is 0 Å². The molecule has 2 aromatic carbocycles. The zero-order valence-corrected chi connectivity index (χ0v) is 14.5. The van der Waals surface area contributed by atoms with Gasteiger partial charge in [0.2, 0.25) is 5.91 Å². The van der Waals surface area contributed by atoms with Gasteiger partial charge in [-0.25, -0.2) is 0 Å². The Bertz CT molecular complexity index is 1040. The molecule has 4 rings (SSSR count). The average molecular weight is 388 g/mol. The highest BCUT2D eigenvalue weighted by molar-refractivity contribution is 6.08. The van der Waals surface area contributed by atoms with Crippen LogP contribution in [-0.2, 0) is 11.0 Å². The van der Waals surface area contributed by atoms with Crippen LogP contribution in [0.4, 0.5) is 18.9 Å².